The first kappa shape index (κ1) is 25.2. The predicted molar refractivity (Wildman–Crippen MR) is 127 cm³/mol. The van der Waals surface area contributed by atoms with Gasteiger partial charge >= 0.3 is 198 Å². The van der Waals surface area contributed by atoms with Crippen molar-refractivity contribution in [3.05, 3.63) is 82.8 Å². The van der Waals surface area contributed by atoms with Gasteiger partial charge in [-0.1, -0.05) is 0 Å². The average Bonchev–Trinajstić information content (AvgIpc) is 2.78. The summed E-state index contributed by atoms with van der Waals surface area (Å²) < 4.78 is 14.2. The maximum absolute atomic E-state index is 13.0. The normalized spacial score (nSPS) is 11.6. The van der Waals surface area contributed by atoms with Crippen LogP contribution in [0.1, 0.15) is 26.7 Å². The number of hydrogen-bond acceptors (Lipinski definition) is 4. The standard InChI is InChI=1S/C25H28O4Se2/c1-4-17-25(23(26)28-5-2,24(27)29-6-3)18-22(31-21-15-11-8-12-16-21)19-30-20-13-9-7-10-14-20/h4,7-16,19H,1,5-6,17-18H2,2-3H3/b22-19-. The third kappa shape index (κ3) is 7.52. The first-order valence-electron chi connectivity index (χ1n) is 10.1. The molecule has 0 aromatic heterocycles. The van der Waals surface area contributed by atoms with E-state index in [1.165, 1.54) is 8.92 Å². The third-order valence-corrected chi connectivity index (χ3v) is 9.27. The molecule has 0 saturated carbocycles. The average molecular weight is 550 g/mol. The second kappa shape index (κ2) is 13.3. The molecule has 0 bridgehead atoms. The fraction of sp³-hybridized carbons (Fsp3) is 0.280. The van der Waals surface area contributed by atoms with E-state index in [9.17, 15) is 9.59 Å². The van der Waals surface area contributed by atoms with Crippen molar-refractivity contribution in [1.82, 2.24) is 0 Å². The van der Waals surface area contributed by atoms with Crippen LogP contribution in [0, 0.1) is 5.41 Å². The second-order valence-electron chi connectivity index (χ2n) is 6.62. The molecule has 0 spiro atoms. The molecular formula is C25H28O4Se2. The molecule has 4 nitrogen and oxygen atoms in total. The van der Waals surface area contributed by atoms with Crippen LogP contribution in [0.15, 0.2) is 82.8 Å². The van der Waals surface area contributed by atoms with Gasteiger partial charge in [-0.05, 0) is 0 Å². The van der Waals surface area contributed by atoms with Crippen LogP contribution in [-0.4, -0.2) is 55.1 Å². The molecule has 0 aliphatic heterocycles. The van der Waals surface area contributed by atoms with Crippen LogP contribution in [0.3, 0.4) is 0 Å². The first-order chi connectivity index (χ1) is 15.1. The molecule has 6 heteroatoms. The Morgan fingerprint density at radius 3 is 1.90 bits per heavy atom. The monoisotopic (exact) mass is 552 g/mol. The fourth-order valence-electron chi connectivity index (χ4n) is 2.92. The summed E-state index contributed by atoms with van der Waals surface area (Å²) in [6.07, 6.45) is 2.04. The van der Waals surface area contributed by atoms with Gasteiger partial charge in [0.05, 0.1) is 0 Å². The van der Waals surface area contributed by atoms with E-state index < -0.39 is 17.4 Å². The van der Waals surface area contributed by atoms with Gasteiger partial charge in [0.2, 0.25) is 0 Å². The summed E-state index contributed by atoms with van der Waals surface area (Å²) in [6.45, 7) is 7.68. The van der Waals surface area contributed by atoms with Gasteiger partial charge in [-0.2, -0.15) is 0 Å². The Labute approximate surface area is 197 Å². The van der Waals surface area contributed by atoms with E-state index in [1.807, 2.05) is 36.4 Å². The van der Waals surface area contributed by atoms with Crippen LogP contribution in [0.5, 0.6) is 0 Å². The van der Waals surface area contributed by atoms with Gasteiger partial charge in [0.1, 0.15) is 0 Å². The molecule has 0 radical (unpaired) electrons. The van der Waals surface area contributed by atoms with Gasteiger partial charge in [0, 0.05) is 0 Å². The molecule has 0 fully saturated rings. The number of esters is 2. The number of hydrogen-bond donors (Lipinski definition) is 0. The van der Waals surface area contributed by atoms with Crippen LogP contribution >= 0.6 is 0 Å². The van der Waals surface area contributed by atoms with Crippen molar-refractivity contribution in [1.29, 1.82) is 0 Å². The van der Waals surface area contributed by atoms with Crippen LogP contribution in [0.2, 0.25) is 0 Å². The van der Waals surface area contributed by atoms with Crippen LogP contribution in [0.25, 0.3) is 0 Å². The van der Waals surface area contributed by atoms with E-state index in [4.69, 9.17) is 9.47 Å². The van der Waals surface area contributed by atoms with Crippen LogP contribution < -0.4 is 8.92 Å². The molecule has 0 N–H and O–H groups in total. The van der Waals surface area contributed by atoms with E-state index in [0.717, 1.165) is 4.47 Å². The van der Waals surface area contributed by atoms with Gasteiger partial charge in [0.15, 0.2) is 0 Å². The van der Waals surface area contributed by atoms with Gasteiger partial charge in [-0.3, -0.25) is 0 Å². The Kier molecular flexibility index (Phi) is 10.8. The number of carbonyl (C=O) groups excluding carboxylic acids is 2. The van der Waals surface area contributed by atoms with Crippen LogP contribution in [0.4, 0.5) is 0 Å². The summed E-state index contributed by atoms with van der Waals surface area (Å²) in [7, 11) is 0. The van der Waals surface area contributed by atoms with Gasteiger partial charge in [-0.15, -0.1) is 0 Å². The molecule has 31 heavy (non-hydrogen) atoms. The zero-order valence-corrected chi connectivity index (χ0v) is 21.3. The van der Waals surface area contributed by atoms with Crippen molar-refractivity contribution in [3.63, 3.8) is 0 Å². The van der Waals surface area contributed by atoms with Gasteiger partial charge in [0.25, 0.3) is 0 Å². The summed E-state index contributed by atoms with van der Waals surface area (Å²) in [4.78, 5) is 28.3. The van der Waals surface area contributed by atoms with E-state index >= 15 is 0 Å². The summed E-state index contributed by atoms with van der Waals surface area (Å²) >= 11 is 0.0412. The van der Waals surface area contributed by atoms with E-state index in [-0.39, 0.29) is 56.0 Å². The molecule has 0 unspecified atom stereocenters. The topological polar surface area (TPSA) is 52.6 Å². The molecule has 0 aliphatic carbocycles. The molecule has 0 heterocycles. The molecule has 0 atom stereocenters. The second-order valence-corrected chi connectivity index (χ2v) is 11.1. The molecule has 164 valence electrons. The zero-order valence-electron chi connectivity index (χ0n) is 17.9. The minimum atomic E-state index is -1.41. The molecule has 2 aromatic carbocycles. The number of ether oxygens (including phenoxy) is 2. The summed E-state index contributed by atoms with van der Waals surface area (Å²) in [5.41, 5.74) is -1.41. The number of allylic oxidation sites excluding steroid dienone is 2. The number of carbonyl (C=O) groups is 2. The predicted octanol–water partition coefficient (Wildman–Crippen LogP) is 2.97. The van der Waals surface area contributed by atoms with Crippen molar-refractivity contribution in [2.75, 3.05) is 13.2 Å². The quantitative estimate of drug-likeness (QED) is 0.177. The molecular weight excluding hydrogens is 522 g/mol. The Balaban J connectivity index is 2.44. The molecule has 2 aromatic rings. The Bertz CT molecular complexity index is 861. The van der Waals surface area contributed by atoms with E-state index in [1.54, 1.807) is 19.9 Å². The van der Waals surface area contributed by atoms with Gasteiger partial charge < -0.3 is 0 Å². The van der Waals surface area contributed by atoms with Crippen LogP contribution in [-0.2, 0) is 19.1 Å². The van der Waals surface area contributed by atoms with Crippen molar-refractivity contribution >= 4 is 50.8 Å². The summed E-state index contributed by atoms with van der Waals surface area (Å²) in [6, 6.07) is 20.4. The maximum atomic E-state index is 13.0. The number of benzene rings is 2. The van der Waals surface area contributed by atoms with Crippen molar-refractivity contribution in [2.24, 2.45) is 5.41 Å². The molecule has 2 rings (SSSR count). The van der Waals surface area contributed by atoms with Crippen molar-refractivity contribution in [3.8, 4) is 0 Å². The van der Waals surface area contributed by atoms with E-state index in [2.05, 4.69) is 35.8 Å². The zero-order chi connectivity index (χ0) is 22.5. The molecule has 0 saturated heterocycles. The van der Waals surface area contributed by atoms with Gasteiger partial charge in [-0.25, -0.2) is 0 Å². The molecule has 0 aliphatic rings. The Hall–Kier alpha value is -2.10. The van der Waals surface area contributed by atoms with E-state index in [0.29, 0.717) is 0 Å². The molecule has 0 amide bonds. The number of rotatable bonds is 12. The fourth-order valence-corrected chi connectivity index (χ4v) is 7.39. The summed E-state index contributed by atoms with van der Waals surface area (Å²) in [5, 5.41) is 0. The SMILES string of the molecule is C=CCC(C/C(=C/[Se]c1ccccc1)[Se]c1ccccc1)(C(=O)OCC)C(=O)OCC. The van der Waals surface area contributed by atoms with Crippen molar-refractivity contribution in [2.45, 2.75) is 26.7 Å². The third-order valence-electron chi connectivity index (χ3n) is 4.36. The first-order valence-corrected chi connectivity index (χ1v) is 13.7. The minimum absolute atomic E-state index is 0.0385. The van der Waals surface area contributed by atoms with Crippen molar-refractivity contribution < 1.29 is 19.1 Å². The summed E-state index contributed by atoms with van der Waals surface area (Å²) in [5.74, 6) is -1.09. The Morgan fingerprint density at radius 2 is 1.42 bits per heavy atom. The Morgan fingerprint density at radius 1 is 0.903 bits per heavy atom.